The first-order valence-electron chi connectivity index (χ1n) is 5.47. The maximum Gasteiger partial charge on any atom is 0.235 e. The molecule has 0 bridgehead atoms. The maximum atomic E-state index is 13.9. The highest BCUT2D eigenvalue weighted by atomic mass is 35.5. The zero-order valence-corrected chi connectivity index (χ0v) is 9.97. The topological polar surface area (TPSA) is 38.3 Å². The number of benzene rings is 1. The van der Waals surface area contributed by atoms with E-state index in [0.717, 1.165) is 12.8 Å². The third-order valence-electron chi connectivity index (χ3n) is 2.46. The van der Waals surface area contributed by atoms with Crippen LogP contribution in [0.1, 0.15) is 18.4 Å². The number of hydrogen-bond acceptors (Lipinski definition) is 2. The predicted molar refractivity (Wildman–Crippen MR) is 62.6 cm³/mol. The first-order valence-corrected chi connectivity index (χ1v) is 6.01. The number of carbonyl (C=O) groups excluding carboxylic acids is 1. The van der Waals surface area contributed by atoms with Gasteiger partial charge in [-0.25, -0.2) is 4.39 Å². The molecule has 1 fully saturated rings. The van der Waals surface area contributed by atoms with Crippen molar-refractivity contribution < 1.29 is 13.9 Å². The van der Waals surface area contributed by atoms with Crippen molar-refractivity contribution in [1.29, 1.82) is 0 Å². The Hall–Kier alpha value is -1.29. The number of nitrogens with one attached hydrogen (secondary N) is 1. The van der Waals surface area contributed by atoms with Crippen molar-refractivity contribution >= 4 is 17.5 Å². The summed E-state index contributed by atoms with van der Waals surface area (Å²) in [6.45, 7) is 0.124. The van der Waals surface area contributed by atoms with E-state index in [2.05, 4.69) is 5.32 Å². The molecule has 3 nitrogen and oxygen atoms in total. The zero-order valence-electron chi connectivity index (χ0n) is 9.21. The van der Waals surface area contributed by atoms with Crippen LogP contribution < -0.4 is 10.1 Å². The molecule has 1 aromatic carbocycles. The van der Waals surface area contributed by atoms with E-state index in [1.165, 1.54) is 0 Å². The molecule has 0 heterocycles. The summed E-state index contributed by atoms with van der Waals surface area (Å²) in [5, 5.41) is 2.52. The van der Waals surface area contributed by atoms with Crippen molar-refractivity contribution in [1.82, 2.24) is 5.32 Å². The number of halogens is 2. The standard InChI is InChI=1S/C12H13ClFNO2/c13-6-11(16)15-7-8-2-1-3-10(12(8)14)17-9-4-5-9/h1-3,9H,4-7H2,(H,15,16). The fourth-order valence-electron chi connectivity index (χ4n) is 1.39. The number of carbonyl (C=O) groups is 1. The molecule has 0 aliphatic heterocycles. The van der Waals surface area contributed by atoms with Crippen LogP contribution >= 0.6 is 11.6 Å². The summed E-state index contributed by atoms with van der Waals surface area (Å²) in [5.74, 6) is -0.598. The fourth-order valence-corrected chi connectivity index (χ4v) is 1.48. The van der Waals surface area contributed by atoms with Crippen LogP contribution in [0.2, 0.25) is 0 Å². The molecule has 1 saturated carbocycles. The second-order valence-electron chi connectivity index (χ2n) is 3.96. The van der Waals surface area contributed by atoms with Crippen LogP contribution in [0.3, 0.4) is 0 Å². The molecule has 0 aromatic heterocycles. The molecule has 0 radical (unpaired) electrons. The number of amides is 1. The minimum absolute atomic E-state index is 0.124. The number of hydrogen-bond donors (Lipinski definition) is 1. The van der Waals surface area contributed by atoms with Crippen LogP contribution in [0.15, 0.2) is 18.2 Å². The minimum Gasteiger partial charge on any atom is -0.487 e. The van der Waals surface area contributed by atoms with Crippen molar-refractivity contribution in [2.24, 2.45) is 0 Å². The lowest BCUT2D eigenvalue weighted by molar-refractivity contribution is -0.118. The van der Waals surface area contributed by atoms with E-state index < -0.39 is 5.82 Å². The van der Waals surface area contributed by atoms with Crippen molar-refractivity contribution in [3.05, 3.63) is 29.6 Å². The number of ether oxygens (including phenoxy) is 1. The quantitative estimate of drug-likeness (QED) is 0.822. The van der Waals surface area contributed by atoms with E-state index >= 15 is 0 Å². The van der Waals surface area contributed by atoms with E-state index in [1.54, 1.807) is 18.2 Å². The SMILES string of the molecule is O=C(CCl)NCc1cccc(OC2CC2)c1F. The molecule has 2 rings (SSSR count). The van der Waals surface area contributed by atoms with Gasteiger partial charge in [-0.05, 0) is 18.9 Å². The molecule has 0 spiro atoms. The van der Waals surface area contributed by atoms with Crippen molar-refractivity contribution in [3.8, 4) is 5.75 Å². The highest BCUT2D eigenvalue weighted by Gasteiger charge is 2.25. The van der Waals surface area contributed by atoms with E-state index in [0.29, 0.717) is 5.56 Å². The minimum atomic E-state index is -0.408. The first kappa shape index (κ1) is 12.2. The fraction of sp³-hybridized carbons (Fsp3) is 0.417. The van der Waals surface area contributed by atoms with Gasteiger partial charge in [0.05, 0.1) is 6.10 Å². The van der Waals surface area contributed by atoms with Crippen LogP contribution in [-0.4, -0.2) is 17.9 Å². The summed E-state index contributed by atoms with van der Waals surface area (Å²) in [7, 11) is 0. The van der Waals surface area contributed by atoms with Crippen molar-refractivity contribution in [3.63, 3.8) is 0 Å². The Morgan fingerprint density at radius 1 is 1.53 bits per heavy atom. The molecule has 1 aliphatic carbocycles. The Kier molecular flexibility index (Phi) is 3.84. The molecule has 0 saturated heterocycles. The third kappa shape index (κ3) is 3.33. The third-order valence-corrected chi connectivity index (χ3v) is 2.70. The lowest BCUT2D eigenvalue weighted by Crippen LogP contribution is -2.24. The normalized spacial score (nSPS) is 14.5. The van der Waals surface area contributed by atoms with Gasteiger partial charge in [0.1, 0.15) is 5.88 Å². The van der Waals surface area contributed by atoms with Gasteiger partial charge in [0.25, 0.3) is 0 Å². The lowest BCUT2D eigenvalue weighted by Gasteiger charge is -2.09. The van der Waals surface area contributed by atoms with Crippen LogP contribution in [-0.2, 0) is 11.3 Å². The van der Waals surface area contributed by atoms with Crippen LogP contribution in [0.25, 0.3) is 0 Å². The Bertz CT molecular complexity index is 421. The van der Waals surface area contributed by atoms with E-state index in [9.17, 15) is 9.18 Å². The Morgan fingerprint density at radius 3 is 2.94 bits per heavy atom. The van der Waals surface area contributed by atoms with Crippen LogP contribution in [0.5, 0.6) is 5.75 Å². The average molecular weight is 258 g/mol. The highest BCUT2D eigenvalue weighted by Crippen LogP contribution is 2.29. The summed E-state index contributed by atoms with van der Waals surface area (Å²) in [6, 6.07) is 4.92. The van der Waals surface area contributed by atoms with Gasteiger partial charge in [0.2, 0.25) is 5.91 Å². The van der Waals surface area contributed by atoms with Crippen LogP contribution in [0.4, 0.5) is 4.39 Å². The Morgan fingerprint density at radius 2 is 2.29 bits per heavy atom. The Labute approximate surface area is 104 Å². The molecule has 1 N–H and O–H groups in total. The van der Waals surface area contributed by atoms with Gasteiger partial charge in [-0.1, -0.05) is 12.1 Å². The van der Waals surface area contributed by atoms with Gasteiger partial charge in [0.15, 0.2) is 11.6 Å². The van der Waals surface area contributed by atoms with Crippen molar-refractivity contribution in [2.45, 2.75) is 25.5 Å². The van der Waals surface area contributed by atoms with E-state index in [4.69, 9.17) is 16.3 Å². The predicted octanol–water partition coefficient (Wildman–Crippen LogP) is 2.22. The highest BCUT2D eigenvalue weighted by molar-refractivity contribution is 6.27. The molecule has 5 heteroatoms. The molecular weight excluding hydrogens is 245 g/mol. The largest absolute Gasteiger partial charge is 0.487 e. The molecule has 1 amide bonds. The molecule has 1 aliphatic rings. The summed E-state index contributed by atoms with van der Waals surface area (Å²) in [6.07, 6.45) is 2.11. The summed E-state index contributed by atoms with van der Waals surface area (Å²) >= 11 is 5.34. The van der Waals surface area contributed by atoms with E-state index in [1.807, 2.05) is 0 Å². The summed E-state index contributed by atoms with van der Waals surface area (Å²) in [5.41, 5.74) is 0.404. The Balaban J connectivity index is 2.02. The van der Waals surface area contributed by atoms with Gasteiger partial charge in [-0.3, -0.25) is 4.79 Å². The molecule has 0 unspecified atom stereocenters. The molecule has 17 heavy (non-hydrogen) atoms. The zero-order chi connectivity index (χ0) is 12.3. The van der Waals surface area contributed by atoms with Gasteiger partial charge in [-0.2, -0.15) is 0 Å². The molecule has 0 atom stereocenters. The van der Waals surface area contributed by atoms with Gasteiger partial charge >= 0.3 is 0 Å². The lowest BCUT2D eigenvalue weighted by atomic mass is 10.2. The van der Waals surface area contributed by atoms with Crippen LogP contribution in [0, 0.1) is 5.82 Å². The molecular formula is C12H13ClFNO2. The molecule has 1 aromatic rings. The van der Waals surface area contributed by atoms with Gasteiger partial charge in [0, 0.05) is 12.1 Å². The second-order valence-corrected chi connectivity index (χ2v) is 4.22. The smallest absolute Gasteiger partial charge is 0.235 e. The second kappa shape index (κ2) is 5.36. The first-order chi connectivity index (χ1) is 8.20. The summed E-state index contributed by atoms with van der Waals surface area (Å²) in [4.78, 5) is 11.0. The number of alkyl halides is 1. The number of rotatable bonds is 5. The van der Waals surface area contributed by atoms with Gasteiger partial charge in [-0.15, -0.1) is 11.6 Å². The molecule has 92 valence electrons. The maximum absolute atomic E-state index is 13.9. The monoisotopic (exact) mass is 257 g/mol. The average Bonchev–Trinajstić information content (AvgIpc) is 3.14. The summed E-state index contributed by atoms with van der Waals surface area (Å²) < 4.78 is 19.3. The van der Waals surface area contributed by atoms with Crippen molar-refractivity contribution in [2.75, 3.05) is 5.88 Å². The van der Waals surface area contributed by atoms with Gasteiger partial charge < -0.3 is 10.1 Å². The van der Waals surface area contributed by atoms with E-state index in [-0.39, 0.29) is 30.2 Å².